The van der Waals surface area contributed by atoms with Crippen molar-refractivity contribution >= 4 is 6.09 Å². The smallest absolute Gasteiger partial charge is 0.409 e. The monoisotopic (exact) mass is 184 g/mol. The van der Waals surface area contributed by atoms with Gasteiger partial charge in [0.25, 0.3) is 0 Å². The van der Waals surface area contributed by atoms with Gasteiger partial charge in [0, 0.05) is 19.1 Å². The summed E-state index contributed by atoms with van der Waals surface area (Å²) in [5.41, 5.74) is 5.89. The highest BCUT2D eigenvalue weighted by molar-refractivity contribution is 5.68. The minimum absolute atomic E-state index is 0.170. The second kappa shape index (κ2) is 3.18. The minimum atomic E-state index is -0.205. The highest BCUT2D eigenvalue weighted by Gasteiger charge is 2.47. The number of ether oxygens (including phenoxy) is 1. The summed E-state index contributed by atoms with van der Waals surface area (Å²) in [5.74, 6) is 1.32. The molecule has 1 saturated carbocycles. The third-order valence-corrected chi connectivity index (χ3v) is 2.94. The number of carbonyl (C=O) groups excluding carboxylic acids is 1. The van der Waals surface area contributed by atoms with Gasteiger partial charge in [0.05, 0.1) is 6.61 Å². The number of likely N-dealkylation sites (tertiary alicyclic amines) is 1. The number of carbonyl (C=O) groups is 1. The van der Waals surface area contributed by atoms with Gasteiger partial charge >= 0.3 is 6.09 Å². The molecule has 0 aromatic carbocycles. The van der Waals surface area contributed by atoms with Crippen LogP contribution < -0.4 is 5.73 Å². The molecule has 0 spiro atoms. The Morgan fingerprint density at radius 3 is 3.00 bits per heavy atom. The van der Waals surface area contributed by atoms with Gasteiger partial charge in [-0.2, -0.15) is 0 Å². The van der Waals surface area contributed by atoms with Gasteiger partial charge in [-0.05, 0) is 25.2 Å². The predicted molar refractivity (Wildman–Crippen MR) is 48.2 cm³/mol. The van der Waals surface area contributed by atoms with Crippen molar-refractivity contribution in [3.8, 4) is 0 Å². The first kappa shape index (κ1) is 8.81. The molecular formula is C9H16N2O2. The van der Waals surface area contributed by atoms with Crippen LogP contribution in [0.3, 0.4) is 0 Å². The van der Waals surface area contributed by atoms with Gasteiger partial charge < -0.3 is 15.4 Å². The zero-order chi connectivity index (χ0) is 9.42. The maximum Gasteiger partial charge on any atom is 0.409 e. The fourth-order valence-electron chi connectivity index (χ4n) is 2.12. The zero-order valence-corrected chi connectivity index (χ0v) is 7.90. The topological polar surface area (TPSA) is 55.6 Å². The Morgan fingerprint density at radius 2 is 2.38 bits per heavy atom. The van der Waals surface area contributed by atoms with Gasteiger partial charge in [0.1, 0.15) is 0 Å². The van der Waals surface area contributed by atoms with E-state index in [9.17, 15) is 4.79 Å². The van der Waals surface area contributed by atoms with Gasteiger partial charge in [-0.25, -0.2) is 4.79 Å². The molecule has 0 bridgehead atoms. The van der Waals surface area contributed by atoms with Crippen LogP contribution >= 0.6 is 0 Å². The van der Waals surface area contributed by atoms with Crippen LogP contribution in [-0.4, -0.2) is 36.7 Å². The fraction of sp³-hybridized carbons (Fsp3) is 0.889. The number of hydrogen-bond acceptors (Lipinski definition) is 3. The van der Waals surface area contributed by atoms with Gasteiger partial charge in [-0.1, -0.05) is 0 Å². The van der Waals surface area contributed by atoms with Crippen molar-refractivity contribution in [3.63, 3.8) is 0 Å². The molecule has 1 aliphatic carbocycles. The van der Waals surface area contributed by atoms with Crippen molar-refractivity contribution in [2.45, 2.75) is 19.4 Å². The first-order chi connectivity index (χ1) is 6.22. The van der Waals surface area contributed by atoms with E-state index in [-0.39, 0.29) is 12.1 Å². The van der Waals surface area contributed by atoms with Crippen molar-refractivity contribution in [1.29, 1.82) is 0 Å². The Labute approximate surface area is 78.0 Å². The Hall–Kier alpha value is -0.770. The quantitative estimate of drug-likeness (QED) is 0.642. The molecule has 1 amide bonds. The summed E-state index contributed by atoms with van der Waals surface area (Å²) in [5, 5.41) is 0. The van der Waals surface area contributed by atoms with E-state index in [4.69, 9.17) is 10.5 Å². The van der Waals surface area contributed by atoms with Crippen LogP contribution in [0.25, 0.3) is 0 Å². The Morgan fingerprint density at radius 1 is 1.62 bits per heavy atom. The lowest BCUT2D eigenvalue weighted by Crippen LogP contribution is -2.47. The molecule has 2 N–H and O–H groups in total. The van der Waals surface area contributed by atoms with Gasteiger partial charge in [0.2, 0.25) is 0 Å². The van der Waals surface area contributed by atoms with E-state index in [0.717, 1.165) is 6.54 Å². The third-order valence-electron chi connectivity index (χ3n) is 2.94. The molecule has 74 valence electrons. The average Bonchev–Trinajstić information content (AvgIpc) is 2.84. The zero-order valence-electron chi connectivity index (χ0n) is 7.90. The van der Waals surface area contributed by atoms with Crippen molar-refractivity contribution in [3.05, 3.63) is 0 Å². The second-order valence-corrected chi connectivity index (χ2v) is 3.93. The van der Waals surface area contributed by atoms with Crippen LogP contribution in [0.15, 0.2) is 0 Å². The molecule has 0 aromatic rings. The van der Waals surface area contributed by atoms with Crippen molar-refractivity contribution in [2.24, 2.45) is 17.6 Å². The summed E-state index contributed by atoms with van der Waals surface area (Å²) in [7, 11) is 0. The van der Waals surface area contributed by atoms with Gasteiger partial charge in [0.15, 0.2) is 0 Å². The van der Waals surface area contributed by atoms with E-state index in [2.05, 4.69) is 0 Å². The fourth-order valence-corrected chi connectivity index (χ4v) is 2.12. The lowest BCUT2D eigenvalue weighted by molar-refractivity contribution is 0.0942. The minimum Gasteiger partial charge on any atom is -0.450 e. The summed E-state index contributed by atoms with van der Waals surface area (Å²) in [4.78, 5) is 13.1. The van der Waals surface area contributed by atoms with Crippen molar-refractivity contribution < 1.29 is 9.53 Å². The molecule has 0 aromatic heterocycles. The highest BCUT2D eigenvalue weighted by Crippen LogP contribution is 2.44. The molecule has 2 rings (SSSR count). The van der Waals surface area contributed by atoms with E-state index in [1.807, 2.05) is 6.92 Å². The Bertz CT molecular complexity index is 220. The summed E-state index contributed by atoms with van der Waals surface area (Å²) in [6.07, 6.45) is 0.986. The van der Waals surface area contributed by atoms with Crippen LogP contribution in [0, 0.1) is 11.8 Å². The number of piperidine rings is 1. The summed E-state index contributed by atoms with van der Waals surface area (Å²) in [6, 6.07) is 0.170. The first-order valence-corrected chi connectivity index (χ1v) is 4.89. The highest BCUT2D eigenvalue weighted by atomic mass is 16.6. The SMILES string of the molecule is CCOC(=O)N1CC(N)C2CC2C1. The lowest BCUT2D eigenvalue weighted by Gasteiger charge is -2.29. The lowest BCUT2D eigenvalue weighted by atomic mass is 10.1. The van der Waals surface area contributed by atoms with Crippen molar-refractivity contribution in [2.75, 3.05) is 19.7 Å². The number of hydrogen-bond donors (Lipinski definition) is 1. The summed E-state index contributed by atoms with van der Waals surface area (Å²) < 4.78 is 4.93. The van der Waals surface area contributed by atoms with Crippen LogP contribution in [0.5, 0.6) is 0 Å². The molecule has 4 nitrogen and oxygen atoms in total. The number of nitrogens with two attached hydrogens (primary N) is 1. The molecule has 1 aliphatic heterocycles. The molecular weight excluding hydrogens is 168 g/mol. The maximum atomic E-state index is 11.4. The maximum absolute atomic E-state index is 11.4. The van der Waals surface area contributed by atoms with E-state index in [0.29, 0.717) is 25.0 Å². The molecule has 4 heteroatoms. The summed E-state index contributed by atoms with van der Waals surface area (Å²) >= 11 is 0. The van der Waals surface area contributed by atoms with Crippen molar-refractivity contribution in [1.82, 2.24) is 4.90 Å². The molecule has 2 aliphatic rings. The predicted octanol–water partition coefficient (Wildman–Crippen LogP) is 0.422. The Kier molecular flexibility index (Phi) is 2.15. The first-order valence-electron chi connectivity index (χ1n) is 4.89. The van der Waals surface area contributed by atoms with Crippen LogP contribution in [-0.2, 0) is 4.74 Å². The van der Waals surface area contributed by atoms with Crippen LogP contribution in [0.2, 0.25) is 0 Å². The molecule has 13 heavy (non-hydrogen) atoms. The van der Waals surface area contributed by atoms with E-state index in [1.54, 1.807) is 4.90 Å². The normalized spacial score (nSPS) is 36.8. The molecule has 1 heterocycles. The average molecular weight is 184 g/mol. The third kappa shape index (κ3) is 1.63. The number of nitrogens with zero attached hydrogens (tertiary/aromatic N) is 1. The molecule has 0 radical (unpaired) electrons. The Balaban J connectivity index is 1.89. The van der Waals surface area contributed by atoms with Crippen LogP contribution in [0.4, 0.5) is 4.79 Å². The van der Waals surface area contributed by atoms with Gasteiger partial charge in [-0.15, -0.1) is 0 Å². The van der Waals surface area contributed by atoms with Gasteiger partial charge in [-0.3, -0.25) is 0 Å². The molecule has 3 unspecified atom stereocenters. The van der Waals surface area contributed by atoms with E-state index >= 15 is 0 Å². The molecule has 2 fully saturated rings. The standard InChI is InChI=1S/C9H16N2O2/c1-2-13-9(12)11-4-6-3-7(6)8(10)5-11/h6-8H,2-5,10H2,1H3. The number of fused-ring (bicyclic) bond motifs is 1. The number of amides is 1. The summed E-state index contributed by atoms with van der Waals surface area (Å²) in [6.45, 7) is 3.78. The number of rotatable bonds is 1. The van der Waals surface area contributed by atoms with Crippen LogP contribution in [0.1, 0.15) is 13.3 Å². The largest absolute Gasteiger partial charge is 0.450 e. The molecule has 1 saturated heterocycles. The van der Waals surface area contributed by atoms with E-state index < -0.39 is 0 Å². The second-order valence-electron chi connectivity index (χ2n) is 3.93. The molecule has 3 atom stereocenters. The van der Waals surface area contributed by atoms with E-state index in [1.165, 1.54) is 6.42 Å².